The van der Waals surface area contributed by atoms with Gasteiger partial charge in [-0.05, 0) is 22.9 Å². The van der Waals surface area contributed by atoms with Crippen molar-refractivity contribution in [1.29, 1.82) is 0 Å². The number of carboxylic acids is 1. The van der Waals surface area contributed by atoms with Crippen molar-refractivity contribution >= 4 is 23.3 Å². The van der Waals surface area contributed by atoms with Gasteiger partial charge in [0.05, 0.1) is 0 Å². The summed E-state index contributed by atoms with van der Waals surface area (Å²) in [6.45, 7) is 0. The van der Waals surface area contributed by atoms with E-state index in [1.54, 1.807) is 41.7 Å². The first-order valence-corrected chi connectivity index (χ1v) is 6.07. The molecule has 0 spiro atoms. The van der Waals surface area contributed by atoms with Crippen LogP contribution in [0, 0.1) is 0 Å². The summed E-state index contributed by atoms with van der Waals surface area (Å²) in [5.41, 5.74) is 0. The van der Waals surface area contributed by atoms with Crippen LogP contribution in [0.2, 0.25) is 0 Å². The average molecular weight is 264 g/mol. The lowest BCUT2D eigenvalue weighted by molar-refractivity contribution is -0.145. The van der Waals surface area contributed by atoms with Gasteiger partial charge < -0.3 is 9.84 Å². The first-order chi connectivity index (χ1) is 8.68. The van der Waals surface area contributed by atoms with Gasteiger partial charge in [-0.2, -0.15) is 11.3 Å². The summed E-state index contributed by atoms with van der Waals surface area (Å²) in [5, 5.41) is 12.3. The summed E-state index contributed by atoms with van der Waals surface area (Å²) in [6, 6.07) is 12.4. The van der Waals surface area contributed by atoms with Gasteiger partial charge in [0.25, 0.3) is 0 Å². The zero-order valence-electron chi connectivity index (χ0n) is 9.48. The van der Waals surface area contributed by atoms with Gasteiger partial charge in [-0.15, -0.1) is 0 Å². The maximum atomic E-state index is 10.8. The molecular weight excluding hydrogens is 252 g/mol. The van der Waals surface area contributed by atoms with Crippen molar-refractivity contribution < 1.29 is 19.4 Å². The number of ether oxygens (including phenoxy) is 1. The quantitative estimate of drug-likeness (QED) is 0.526. The molecule has 0 amide bonds. The fourth-order valence-corrected chi connectivity index (χ4v) is 1.46. The lowest BCUT2D eigenvalue weighted by Gasteiger charge is -2.00. The van der Waals surface area contributed by atoms with E-state index < -0.39 is 18.4 Å². The van der Waals surface area contributed by atoms with Gasteiger partial charge >= 0.3 is 11.9 Å². The third kappa shape index (κ3) is 6.44. The minimum Gasteiger partial charge on any atom is -0.481 e. The molecule has 0 atom stereocenters. The standard InChI is InChI=1S/C9H8O4.C4H4S/c10-8(11)6-9(12)13-7-4-2-1-3-5-7;1-2-4-5-3-1/h1-5H,6H2,(H,10,11);1-4H. The van der Waals surface area contributed by atoms with Crippen LogP contribution >= 0.6 is 11.3 Å². The normalized spacial score (nSPS) is 8.89. The maximum Gasteiger partial charge on any atom is 0.322 e. The van der Waals surface area contributed by atoms with E-state index in [-0.39, 0.29) is 0 Å². The van der Waals surface area contributed by atoms with Crippen LogP contribution in [0.4, 0.5) is 0 Å². The second kappa shape index (κ2) is 8.03. The van der Waals surface area contributed by atoms with Crippen molar-refractivity contribution in [3.05, 3.63) is 53.2 Å². The predicted octanol–water partition coefficient (Wildman–Crippen LogP) is 2.81. The predicted molar refractivity (Wildman–Crippen MR) is 68.6 cm³/mol. The molecule has 0 aliphatic heterocycles. The fraction of sp³-hybridized carbons (Fsp3) is 0.0769. The monoisotopic (exact) mass is 264 g/mol. The van der Waals surface area contributed by atoms with Crippen LogP contribution in [-0.4, -0.2) is 17.0 Å². The molecule has 0 radical (unpaired) electrons. The SMILES string of the molecule is O=C(O)CC(=O)Oc1ccccc1.c1ccsc1. The van der Waals surface area contributed by atoms with E-state index in [1.807, 2.05) is 22.9 Å². The minimum atomic E-state index is -1.19. The van der Waals surface area contributed by atoms with Crippen molar-refractivity contribution in [3.63, 3.8) is 0 Å². The summed E-state index contributed by atoms with van der Waals surface area (Å²) in [6.07, 6.45) is -0.616. The number of carbonyl (C=O) groups is 2. The highest BCUT2D eigenvalue weighted by atomic mass is 32.1. The number of thiophene rings is 1. The molecule has 1 aromatic carbocycles. The molecule has 2 rings (SSSR count). The summed E-state index contributed by atoms with van der Waals surface area (Å²) in [7, 11) is 0. The lowest BCUT2D eigenvalue weighted by atomic mass is 10.3. The topological polar surface area (TPSA) is 63.6 Å². The number of rotatable bonds is 3. The second-order valence-corrected chi connectivity index (χ2v) is 3.97. The molecule has 18 heavy (non-hydrogen) atoms. The molecular formula is C13H12O4S. The summed E-state index contributed by atoms with van der Waals surface area (Å²) >= 11 is 1.71. The van der Waals surface area contributed by atoms with Crippen molar-refractivity contribution in [2.75, 3.05) is 0 Å². The minimum absolute atomic E-state index is 0.355. The molecule has 0 aliphatic carbocycles. The molecule has 0 bridgehead atoms. The molecule has 2 aromatic rings. The van der Waals surface area contributed by atoms with Crippen molar-refractivity contribution in [3.8, 4) is 5.75 Å². The van der Waals surface area contributed by atoms with Crippen molar-refractivity contribution in [2.24, 2.45) is 0 Å². The van der Waals surface area contributed by atoms with E-state index in [1.165, 1.54) is 0 Å². The van der Waals surface area contributed by atoms with E-state index in [0.29, 0.717) is 5.75 Å². The summed E-state index contributed by atoms with van der Waals surface area (Å²) < 4.78 is 4.71. The number of para-hydroxylation sites is 1. The van der Waals surface area contributed by atoms with Crippen LogP contribution in [0.3, 0.4) is 0 Å². The molecule has 4 nitrogen and oxygen atoms in total. The summed E-state index contributed by atoms with van der Waals surface area (Å²) in [5.74, 6) is -1.60. The van der Waals surface area contributed by atoms with E-state index >= 15 is 0 Å². The van der Waals surface area contributed by atoms with Crippen molar-refractivity contribution in [2.45, 2.75) is 6.42 Å². The molecule has 0 unspecified atom stereocenters. The third-order valence-corrected chi connectivity index (χ3v) is 2.32. The molecule has 0 fully saturated rings. The number of aliphatic carboxylic acids is 1. The average Bonchev–Trinajstić information content (AvgIpc) is 2.87. The highest BCUT2D eigenvalue weighted by Crippen LogP contribution is 2.08. The zero-order chi connectivity index (χ0) is 13.2. The number of hydrogen-bond donors (Lipinski definition) is 1. The first-order valence-electron chi connectivity index (χ1n) is 5.13. The van der Waals surface area contributed by atoms with E-state index in [9.17, 15) is 9.59 Å². The van der Waals surface area contributed by atoms with E-state index in [0.717, 1.165) is 0 Å². The van der Waals surface area contributed by atoms with Gasteiger partial charge in [0.1, 0.15) is 12.2 Å². The maximum absolute atomic E-state index is 10.8. The second-order valence-electron chi connectivity index (χ2n) is 3.15. The van der Waals surface area contributed by atoms with Crippen LogP contribution in [0.15, 0.2) is 53.2 Å². The van der Waals surface area contributed by atoms with E-state index in [4.69, 9.17) is 9.84 Å². The Bertz CT molecular complexity index is 448. The Morgan fingerprint density at radius 1 is 1.06 bits per heavy atom. The number of carbonyl (C=O) groups excluding carboxylic acids is 1. The number of hydrogen-bond acceptors (Lipinski definition) is 4. The largest absolute Gasteiger partial charge is 0.481 e. The molecule has 94 valence electrons. The Hall–Kier alpha value is -2.14. The summed E-state index contributed by atoms with van der Waals surface area (Å²) in [4.78, 5) is 20.9. The number of benzene rings is 1. The van der Waals surface area contributed by atoms with Crippen LogP contribution < -0.4 is 4.74 Å². The van der Waals surface area contributed by atoms with Gasteiger partial charge in [0, 0.05) is 0 Å². The molecule has 0 aliphatic rings. The van der Waals surface area contributed by atoms with Gasteiger partial charge in [0.15, 0.2) is 0 Å². The fourth-order valence-electron chi connectivity index (χ4n) is 1.01. The first kappa shape index (κ1) is 13.9. The van der Waals surface area contributed by atoms with Gasteiger partial charge in [-0.3, -0.25) is 9.59 Å². The Morgan fingerprint density at radius 3 is 2.11 bits per heavy atom. The number of esters is 1. The van der Waals surface area contributed by atoms with Crippen molar-refractivity contribution in [1.82, 2.24) is 0 Å². The Labute approximate surface area is 108 Å². The van der Waals surface area contributed by atoms with Crippen LogP contribution in [0.25, 0.3) is 0 Å². The highest BCUT2D eigenvalue weighted by molar-refractivity contribution is 7.07. The third-order valence-electron chi connectivity index (χ3n) is 1.70. The smallest absolute Gasteiger partial charge is 0.322 e. The molecule has 1 N–H and O–H groups in total. The lowest BCUT2D eigenvalue weighted by Crippen LogP contribution is -2.12. The van der Waals surface area contributed by atoms with E-state index in [2.05, 4.69) is 0 Å². The molecule has 1 heterocycles. The highest BCUT2D eigenvalue weighted by Gasteiger charge is 2.09. The van der Waals surface area contributed by atoms with Crippen LogP contribution in [0.5, 0.6) is 5.75 Å². The van der Waals surface area contributed by atoms with Crippen LogP contribution in [0.1, 0.15) is 6.42 Å². The Kier molecular flexibility index (Phi) is 6.21. The number of carboxylic acid groups (broad SMARTS) is 1. The zero-order valence-corrected chi connectivity index (χ0v) is 10.3. The van der Waals surface area contributed by atoms with Gasteiger partial charge in [0.2, 0.25) is 0 Å². The Morgan fingerprint density at radius 2 is 1.67 bits per heavy atom. The molecule has 1 aromatic heterocycles. The molecule has 0 saturated heterocycles. The Balaban J connectivity index is 0.000000269. The van der Waals surface area contributed by atoms with Crippen LogP contribution in [-0.2, 0) is 9.59 Å². The van der Waals surface area contributed by atoms with Gasteiger partial charge in [-0.1, -0.05) is 30.3 Å². The molecule has 0 saturated carbocycles. The molecule has 5 heteroatoms. The van der Waals surface area contributed by atoms with Gasteiger partial charge in [-0.25, -0.2) is 0 Å².